The Bertz CT molecular complexity index is 389. The van der Waals surface area contributed by atoms with Gasteiger partial charge in [0.1, 0.15) is 12.4 Å². The van der Waals surface area contributed by atoms with Crippen LogP contribution in [-0.4, -0.2) is 17.3 Å². The molecule has 0 amide bonds. The van der Waals surface area contributed by atoms with Crippen molar-refractivity contribution in [3.63, 3.8) is 0 Å². The van der Waals surface area contributed by atoms with Gasteiger partial charge in [-0.05, 0) is 31.0 Å². The Morgan fingerprint density at radius 1 is 1.35 bits per heavy atom. The van der Waals surface area contributed by atoms with E-state index in [0.717, 1.165) is 41.5 Å². The summed E-state index contributed by atoms with van der Waals surface area (Å²) in [5.74, 6) is 0.774. The van der Waals surface area contributed by atoms with Crippen LogP contribution in [0.15, 0.2) is 22.7 Å². The first kappa shape index (κ1) is 12.9. The Balaban J connectivity index is 2.03. The summed E-state index contributed by atoms with van der Waals surface area (Å²) in [6.45, 7) is 0.800. The van der Waals surface area contributed by atoms with Crippen LogP contribution in [0, 0.1) is 0 Å². The van der Waals surface area contributed by atoms with Crippen molar-refractivity contribution in [3.8, 4) is 5.75 Å². The largest absolute Gasteiger partial charge is 0.490 e. The van der Waals surface area contributed by atoms with Gasteiger partial charge in [-0.15, -0.1) is 0 Å². The average Bonchev–Trinajstić information content (AvgIpc) is 2.75. The predicted octanol–water partition coefficient (Wildman–Crippen LogP) is 2.59. The summed E-state index contributed by atoms with van der Waals surface area (Å²) in [5.41, 5.74) is 5.99. The van der Waals surface area contributed by atoms with E-state index in [-0.39, 0.29) is 0 Å². The van der Waals surface area contributed by atoms with Crippen molar-refractivity contribution in [3.05, 3.63) is 28.2 Å². The second-order valence-electron chi connectivity index (χ2n) is 4.68. The van der Waals surface area contributed by atoms with Gasteiger partial charge in [-0.1, -0.05) is 28.8 Å². The highest BCUT2D eigenvalue weighted by molar-refractivity contribution is 9.10. The van der Waals surface area contributed by atoms with E-state index < -0.39 is 5.60 Å². The Kier molecular flexibility index (Phi) is 4.07. The molecule has 1 aliphatic carbocycles. The van der Waals surface area contributed by atoms with Gasteiger partial charge in [0.2, 0.25) is 0 Å². The maximum absolute atomic E-state index is 10.2. The van der Waals surface area contributed by atoms with E-state index in [9.17, 15) is 5.11 Å². The fraction of sp³-hybridized carbons (Fsp3) is 0.538. The molecule has 0 radical (unpaired) electrons. The third-order valence-corrected chi connectivity index (χ3v) is 3.77. The number of hydrogen-bond donors (Lipinski definition) is 2. The van der Waals surface area contributed by atoms with Gasteiger partial charge in [-0.2, -0.15) is 0 Å². The molecule has 17 heavy (non-hydrogen) atoms. The highest BCUT2D eigenvalue weighted by Crippen LogP contribution is 2.31. The molecule has 4 heteroatoms. The Hall–Kier alpha value is -0.580. The third kappa shape index (κ3) is 3.21. The van der Waals surface area contributed by atoms with E-state index >= 15 is 0 Å². The Morgan fingerprint density at radius 3 is 2.71 bits per heavy atom. The molecule has 2 rings (SSSR count). The van der Waals surface area contributed by atoms with Crippen LogP contribution in [0.2, 0.25) is 0 Å². The van der Waals surface area contributed by atoms with E-state index in [4.69, 9.17) is 10.5 Å². The zero-order chi connectivity index (χ0) is 12.3. The maximum Gasteiger partial charge on any atom is 0.124 e. The monoisotopic (exact) mass is 299 g/mol. The molecule has 1 aliphatic rings. The fourth-order valence-corrected chi connectivity index (χ4v) is 2.65. The lowest BCUT2D eigenvalue weighted by Gasteiger charge is -2.23. The zero-order valence-electron chi connectivity index (χ0n) is 9.79. The van der Waals surface area contributed by atoms with Crippen LogP contribution in [0.3, 0.4) is 0 Å². The summed E-state index contributed by atoms with van der Waals surface area (Å²) in [6.07, 6.45) is 3.84. The number of rotatable bonds is 4. The molecular weight excluding hydrogens is 282 g/mol. The molecule has 0 bridgehead atoms. The van der Waals surface area contributed by atoms with Crippen LogP contribution in [0.1, 0.15) is 31.2 Å². The van der Waals surface area contributed by atoms with E-state index in [1.165, 1.54) is 0 Å². The molecule has 0 atom stereocenters. The highest BCUT2D eigenvalue weighted by Gasteiger charge is 2.32. The molecule has 0 saturated heterocycles. The molecule has 94 valence electrons. The minimum absolute atomic E-state index is 0.363. The highest BCUT2D eigenvalue weighted by atomic mass is 79.9. The van der Waals surface area contributed by atoms with Crippen LogP contribution in [0.4, 0.5) is 0 Å². The van der Waals surface area contributed by atoms with Gasteiger partial charge in [0, 0.05) is 16.6 Å². The summed E-state index contributed by atoms with van der Waals surface area (Å²) in [4.78, 5) is 0. The quantitative estimate of drug-likeness (QED) is 0.898. The zero-order valence-corrected chi connectivity index (χ0v) is 11.4. The predicted molar refractivity (Wildman–Crippen MR) is 70.9 cm³/mol. The van der Waals surface area contributed by atoms with Crippen molar-refractivity contribution in [2.75, 3.05) is 6.61 Å². The first-order valence-electron chi connectivity index (χ1n) is 5.97. The number of halogens is 1. The Labute approximate surface area is 110 Å². The van der Waals surface area contributed by atoms with Gasteiger partial charge in [0.05, 0.1) is 5.60 Å². The SMILES string of the molecule is NCc1cc(Br)ccc1OCC1(O)CCCC1. The van der Waals surface area contributed by atoms with Gasteiger partial charge in [0.25, 0.3) is 0 Å². The fourth-order valence-electron chi connectivity index (χ4n) is 2.24. The molecule has 0 unspecified atom stereocenters. The maximum atomic E-state index is 10.2. The summed E-state index contributed by atoms with van der Waals surface area (Å²) in [6, 6.07) is 5.77. The van der Waals surface area contributed by atoms with Gasteiger partial charge in [-0.3, -0.25) is 0 Å². The molecule has 1 saturated carbocycles. The lowest BCUT2D eigenvalue weighted by Crippen LogP contribution is -2.32. The molecule has 0 heterocycles. The van der Waals surface area contributed by atoms with Gasteiger partial charge in [0.15, 0.2) is 0 Å². The topological polar surface area (TPSA) is 55.5 Å². The van der Waals surface area contributed by atoms with E-state index in [1.54, 1.807) is 0 Å². The van der Waals surface area contributed by atoms with Crippen LogP contribution >= 0.6 is 15.9 Å². The van der Waals surface area contributed by atoms with E-state index in [0.29, 0.717) is 13.2 Å². The molecule has 0 spiro atoms. The average molecular weight is 300 g/mol. The normalized spacial score (nSPS) is 18.3. The van der Waals surface area contributed by atoms with Crippen LogP contribution in [0.5, 0.6) is 5.75 Å². The van der Waals surface area contributed by atoms with E-state index in [2.05, 4.69) is 15.9 Å². The number of hydrogen-bond acceptors (Lipinski definition) is 3. The molecular formula is C13H18BrNO2. The second-order valence-corrected chi connectivity index (χ2v) is 5.59. The molecule has 0 aliphatic heterocycles. The molecule has 1 aromatic rings. The first-order valence-corrected chi connectivity index (χ1v) is 6.76. The minimum Gasteiger partial charge on any atom is -0.490 e. The lowest BCUT2D eigenvalue weighted by atomic mass is 10.0. The summed E-state index contributed by atoms with van der Waals surface area (Å²) in [5, 5.41) is 10.2. The van der Waals surface area contributed by atoms with Crippen molar-refractivity contribution < 1.29 is 9.84 Å². The molecule has 1 fully saturated rings. The molecule has 3 nitrogen and oxygen atoms in total. The van der Waals surface area contributed by atoms with Crippen molar-refractivity contribution in [1.29, 1.82) is 0 Å². The van der Waals surface area contributed by atoms with Crippen LogP contribution in [0.25, 0.3) is 0 Å². The van der Waals surface area contributed by atoms with Crippen molar-refractivity contribution in [1.82, 2.24) is 0 Å². The van der Waals surface area contributed by atoms with E-state index in [1.807, 2.05) is 18.2 Å². The van der Waals surface area contributed by atoms with Crippen LogP contribution in [-0.2, 0) is 6.54 Å². The number of nitrogens with two attached hydrogens (primary N) is 1. The minimum atomic E-state index is -0.640. The number of ether oxygens (including phenoxy) is 1. The smallest absolute Gasteiger partial charge is 0.124 e. The Morgan fingerprint density at radius 2 is 2.06 bits per heavy atom. The number of aliphatic hydroxyl groups is 1. The molecule has 3 N–H and O–H groups in total. The standard InChI is InChI=1S/C13H18BrNO2/c14-11-3-4-12(10(7-11)8-15)17-9-13(16)5-1-2-6-13/h3-4,7,16H,1-2,5-6,8-9,15H2. The summed E-state index contributed by atoms with van der Waals surface area (Å²) < 4.78 is 6.71. The van der Waals surface area contributed by atoms with Crippen LogP contribution < -0.4 is 10.5 Å². The second kappa shape index (κ2) is 5.38. The van der Waals surface area contributed by atoms with Gasteiger partial charge in [-0.25, -0.2) is 0 Å². The molecule has 1 aromatic carbocycles. The molecule has 0 aromatic heterocycles. The third-order valence-electron chi connectivity index (χ3n) is 3.27. The van der Waals surface area contributed by atoms with Crippen molar-refractivity contribution in [2.45, 2.75) is 37.8 Å². The first-order chi connectivity index (χ1) is 8.13. The summed E-state index contributed by atoms with van der Waals surface area (Å²) >= 11 is 3.40. The lowest BCUT2D eigenvalue weighted by molar-refractivity contribution is 0.00114. The van der Waals surface area contributed by atoms with Crippen molar-refractivity contribution >= 4 is 15.9 Å². The summed E-state index contributed by atoms with van der Waals surface area (Å²) in [7, 11) is 0. The van der Waals surface area contributed by atoms with Gasteiger partial charge < -0.3 is 15.6 Å². The number of benzene rings is 1. The van der Waals surface area contributed by atoms with Crippen molar-refractivity contribution in [2.24, 2.45) is 5.73 Å². The van der Waals surface area contributed by atoms with Gasteiger partial charge >= 0.3 is 0 Å².